The third kappa shape index (κ3) is 4.78. The van der Waals surface area contributed by atoms with Gasteiger partial charge in [-0.1, -0.05) is 6.07 Å². The lowest BCUT2D eigenvalue weighted by atomic mass is 10.0. The van der Waals surface area contributed by atoms with E-state index in [1.165, 1.54) is 24.3 Å². The quantitative estimate of drug-likeness (QED) is 0.306. The number of amides is 2. The molecule has 1 aromatic heterocycles. The van der Waals surface area contributed by atoms with Crippen molar-refractivity contribution >= 4 is 28.8 Å². The minimum Gasteiger partial charge on any atom is -0.491 e. The average molecular weight is 458 g/mol. The zero-order valence-electron chi connectivity index (χ0n) is 18.6. The summed E-state index contributed by atoms with van der Waals surface area (Å²) in [6, 6.07) is 17.8. The van der Waals surface area contributed by atoms with Crippen molar-refractivity contribution in [3.63, 3.8) is 0 Å². The Balaban J connectivity index is 1.69. The zero-order valence-corrected chi connectivity index (χ0v) is 18.6. The molecule has 3 aromatic rings. The molecular formula is C25H22N4O5. The lowest BCUT2D eigenvalue weighted by Gasteiger charge is -2.15. The molecule has 2 aromatic carbocycles. The van der Waals surface area contributed by atoms with E-state index in [2.05, 4.69) is 10.3 Å². The Kier molecular flexibility index (Phi) is 6.35. The summed E-state index contributed by atoms with van der Waals surface area (Å²) in [5.74, 6) is -0.339. The summed E-state index contributed by atoms with van der Waals surface area (Å²) in [6.07, 6.45) is 1.61. The zero-order chi connectivity index (χ0) is 24.2. The van der Waals surface area contributed by atoms with Crippen molar-refractivity contribution in [2.75, 3.05) is 5.32 Å². The number of pyridine rings is 1. The number of rotatable bonds is 8. The third-order valence-electron chi connectivity index (χ3n) is 5.08. The minimum absolute atomic E-state index is 0.00132. The summed E-state index contributed by atoms with van der Waals surface area (Å²) >= 11 is 0. The van der Waals surface area contributed by atoms with Gasteiger partial charge in [-0.05, 0) is 67.9 Å². The fourth-order valence-electron chi connectivity index (χ4n) is 3.54. The van der Waals surface area contributed by atoms with Crippen molar-refractivity contribution in [1.82, 2.24) is 9.88 Å². The lowest BCUT2D eigenvalue weighted by molar-refractivity contribution is -0.384. The molecule has 9 heteroatoms. The Morgan fingerprint density at radius 2 is 1.71 bits per heavy atom. The largest absolute Gasteiger partial charge is 0.491 e. The monoisotopic (exact) mass is 458 g/mol. The van der Waals surface area contributed by atoms with Gasteiger partial charge in [0, 0.05) is 24.0 Å². The number of hydrogen-bond donors (Lipinski definition) is 1. The molecule has 0 fully saturated rings. The van der Waals surface area contributed by atoms with Crippen LogP contribution in [-0.2, 0) is 16.1 Å². The van der Waals surface area contributed by atoms with Crippen molar-refractivity contribution < 1.29 is 19.2 Å². The van der Waals surface area contributed by atoms with Crippen LogP contribution in [0.25, 0.3) is 5.57 Å². The maximum atomic E-state index is 13.3. The van der Waals surface area contributed by atoms with E-state index in [9.17, 15) is 19.7 Å². The van der Waals surface area contributed by atoms with Gasteiger partial charge in [0.15, 0.2) is 0 Å². The van der Waals surface area contributed by atoms with Crippen LogP contribution in [-0.4, -0.2) is 32.7 Å². The first-order chi connectivity index (χ1) is 16.3. The third-order valence-corrected chi connectivity index (χ3v) is 5.08. The number of hydrogen-bond acceptors (Lipinski definition) is 7. The molecule has 34 heavy (non-hydrogen) atoms. The van der Waals surface area contributed by atoms with E-state index in [-0.39, 0.29) is 29.6 Å². The number of nitro groups is 1. The standard InChI is InChI=1S/C25H22N4O5/c1-16(2)34-21-12-8-18(9-13-21)27-23-22(17-6-10-20(11-7-17)29(32)33)24(30)28(25(23)31)15-19-5-3-4-14-26-19/h3-14,16,27H,15H2,1-2H3. The molecule has 1 aliphatic rings. The summed E-state index contributed by atoms with van der Waals surface area (Å²) in [4.78, 5) is 42.5. The Morgan fingerprint density at radius 3 is 2.29 bits per heavy atom. The molecule has 0 unspecified atom stereocenters. The van der Waals surface area contributed by atoms with Gasteiger partial charge >= 0.3 is 0 Å². The summed E-state index contributed by atoms with van der Waals surface area (Å²) < 4.78 is 5.65. The van der Waals surface area contributed by atoms with Gasteiger partial charge in [-0.15, -0.1) is 0 Å². The number of anilines is 1. The van der Waals surface area contributed by atoms with Crippen molar-refractivity contribution in [2.45, 2.75) is 26.5 Å². The molecule has 0 atom stereocenters. The molecule has 0 saturated heterocycles. The van der Waals surface area contributed by atoms with Crippen molar-refractivity contribution in [3.05, 3.63) is 100.0 Å². The summed E-state index contributed by atoms with van der Waals surface area (Å²) in [5.41, 5.74) is 1.66. The molecule has 0 aliphatic carbocycles. The molecular weight excluding hydrogens is 436 g/mol. The first kappa shape index (κ1) is 22.7. The molecule has 2 amide bonds. The number of non-ortho nitro benzene ring substituents is 1. The van der Waals surface area contributed by atoms with Gasteiger partial charge in [0.1, 0.15) is 11.4 Å². The maximum Gasteiger partial charge on any atom is 0.278 e. The van der Waals surface area contributed by atoms with Crippen LogP contribution in [0.5, 0.6) is 5.75 Å². The number of nitrogens with one attached hydrogen (secondary N) is 1. The number of benzene rings is 2. The molecule has 172 valence electrons. The predicted molar refractivity (Wildman–Crippen MR) is 126 cm³/mol. The van der Waals surface area contributed by atoms with Crippen LogP contribution >= 0.6 is 0 Å². The first-order valence-corrected chi connectivity index (χ1v) is 10.6. The lowest BCUT2D eigenvalue weighted by Crippen LogP contribution is -2.32. The molecule has 0 bridgehead atoms. The molecule has 1 aliphatic heterocycles. The second kappa shape index (κ2) is 9.53. The Bertz CT molecular complexity index is 1250. The van der Waals surface area contributed by atoms with Crippen molar-refractivity contribution in [2.24, 2.45) is 0 Å². The highest BCUT2D eigenvalue weighted by molar-refractivity contribution is 6.36. The van der Waals surface area contributed by atoms with E-state index in [0.717, 1.165) is 4.90 Å². The Morgan fingerprint density at radius 1 is 1.00 bits per heavy atom. The van der Waals surface area contributed by atoms with E-state index >= 15 is 0 Å². The number of carbonyl (C=O) groups excluding carboxylic acids is 2. The minimum atomic E-state index is -0.521. The number of nitrogens with zero attached hydrogens (tertiary/aromatic N) is 3. The van der Waals surface area contributed by atoms with E-state index in [1.54, 1.807) is 48.7 Å². The topological polar surface area (TPSA) is 115 Å². The second-order valence-electron chi connectivity index (χ2n) is 7.89. The fourth-order valence-corrected chi connectivity index (χ4v) is 3.54. The summed E-state index contributed by atoms with van der Waals surface area (Å²) in [7, 11) is 0. The highest BCUT2D eigenvalue weighted by Gasteiger charge is 2.39. The van der Waals surface area contributed by atoms with Crippen LogP contribution in [0.2, 0.25) is 0 Å². The number of carbonyl (C=O) groups is 2. The Labute approximate surface area is 195 Å². The van der Waals surface area contributed by atoms with Crippen molar-refractivity contribution in [1.29, 1.82) is 0 Å². The van der Waals surface area contributed by atoms with Crippen LogP contribution in [0, 0.1) is 10.1 Å². The normalized spacial score (nSPS) is 13.6. The van der Waals surface area contributed by atoms with Gasteiger partial charge < -0.3 is 10.1 Å². The van der Waals surface area contributed by atoms with Gasteiger partial charge in [0.25, 0.3) is 17.5 Å². The van der Waals surface area contributed by atoms with E-state index < -0.39 is 16.7 Å². The predicted octanol–water partition coefficient (Wildman–Crippen LogP) is 4.17. The SMILES string of the molecule is CC(C)Oc1ccc(NC2=C(c3ccc([N+](=O)[O-])cc3)C(=O)N(Cc3ccccn3)C2=O)cc1. The molecule has 9 nitrogen and oxygen atoms in total. The van der Waals surface area contributed by atoms with Gasteiger partial charge in [0.2, 0.25) is 0 Å². The summed E-state index contributed by atoms with van der Waals surface area (Å²) in [6.45, 7) is 3.85. The van der Waals surface area contributed by atoms with Crippen LogP contribution in [0.15, 0.2) is 78.6 Å². The van der Waals surface area contributed by atoms with Crippen LogP contribution in [0.3, 0.4) is 0 Å². The van der Waals surface area contributed by atoms with Gasteiger partial charge in [0.05, 0.1) is 28.8 Å². The highest BCUT2D eigenvalue weighted by Crippen LogP contribution is 2.32. The van der Waals surface area contributed by atoms with Gasteiger partial charge in [-0.2, -0.15) is 0 Å². The van der Waals surface area contributed by atoms with E-state index in [0.29, 0.717) is 22.7 Å². The number of imide groups is 1. The number of aromatic nitrogens is 1. The van der Waals surface area contributed by atoms with Crippen LogP contribution in [0.1, 0.15) is 25.1 Å². The maximum absolute atomic E-state index is 13.3. The van der Waals surface area contributed by atoms with Gasteiger partial charge in [-0.25, -0.2) is 0 Å². The fraction of sp³-hybridized carbons (Fsp3) is 0.160. The smallest absolute Gasteiger partial charge is 0.278 e. The summed E-state index contributed by atoms with van der Waals surface area (Å²) in [5, 5.41) is 14.1. The molecule has 2 heterocycles. The molecule has 4 rings (SSSR count). The number of ether oxygens (including phenoxy) is 1. The van der Waals surface area contributed by atoms with Crippen LogP contribution < -0.4 is 10.1 Å². The Hall–Kier alpha value is -4.53. The van der Waals surface area contributed by atoms with E-state index in [1.807, 2.05) is 13.8 Å². The molecule has 1 N–H and O–H groups in total. The van der Waals surface area contributed by atoms with Crippen molar-refractivity contribution in [3.8, 4) is 5.75 Å². The number of nitro benzene ring substituents is 1. The van der Waals surface area contributed by atoms with Crippen LogP contribution in [0.4, 0.5) is 11.4 Å². The van der Waals surface area contributed by atoms with E-state index in [4.69, 9.17) is 4.74 Å². The highest BCUT2D eigenvalue weighted by atomic mass is 16.6. The molecule has 0 saturated carbocycles. The second-order valence-corrected chi connectivity index (χ2v) is 7.89. The van der Waals surface area contributed by atoms with Gasteiger partial charge in [-0.3, -0.25) is 29.6 Å². The first-order valence-electron chi connectivity index (χ1n) is 10.6. The average Bonchev–Trinajstić information content (AvgIpc) is 3.05. The molecule has 0 radical (unpaired) electrons. The molecule has 0 spiro atoms.